The summed E-state index contributed by atoms with van der Waals surface area (Å²) in [4.78, 5) is 0. The molecule has 1 aliphatic carbocycles. The number of alkyl halides is 1. The molecule has 4 heteroatoms. The second-order valence-electron chi connectivity index (χ2n) is 3.66. The smallest absolute Gasteiger partial charge is 0.147 e. The van der Waals surface area contributed by atoms with Gasteiger partial charge in [0.15, 0.2) is 0 Å². The zero-order chi connectivity index (χ0) is 9.10. The summed E-state index contributed by atoms with van der Waals surface area (Å²) in [5.74, 6) is 2.36. The standard InChI is InChI=1S/C9H14ClN3/c10-6-9-12-11-7-13(9)5-1-2-8-3-4-8/h7-8H,1-6H2. The van der Waals surface area contributed by atoms with Crippen molar-refractivity contribution in [1.29, 1.82) is 0 Å². The van der Waals surface area contributed by atoms with Crippen LogP contribution >= 0.6 is 11.6 Å². The molecule has 0 radical (unpaired) electrons. The maximum atomic E-state index is 5.70. The van der Waals surface area contributed by atoms with Crippen LogP contribution in [0.25, 0.3) is 0 Å². The molecule has 1 fully saturated rings. The normalized spacial score (nSPS) is 16.4. The van der Waals surface area contributed by atoms with Gasteiger partial charge in [-0.25, -0.2) is 0 Å². The summed E-state index contributed by atoms with van der Waals surface area (Å²) < 4.78 is 2.05. The summed E-state index contributed by atoms with van der Waals surface area (Å²) in [7, 11) is 0. The van der Waals surface area contributed by atoms with Crippen LogP contribution in [0, 0.1) is 5.92 Å². The molecule has 3 nitrogen and oxygen atoms in total. The molecule has 13 heavy (non-hydrogen) atoms. The minimum Gasteiger partial charge on any atom is -0.317 e. The van der Waals surface area contributed by atoms with Gasteiger partial charge in [0.05, 0.1) is 5.88 Å². The highest BCUT2D eigenvalue weighted by molar-refractivity contribution is 6.16. The van der Waals surface area contributed by atoms with Gasteiger partial charge in [-0.2, -0.15) is 0 Å². The molecule has 1 aromatic heterocycles. The van der Waals surface area contributed by atoms with Gasteiger partial charge in [0.25, 0.3) is 0 Å². The van der Waals surface area contributed by atoms with Gasteiger partial charge in [-0.05, 0) is 18.8 Å². The van der Waals surface area contributed by atoms with Crippen LogP contribution in [0.2, 0.25) is 0 Å². The molecule has 0 aliphatic heterocycles. The Kier molecular flexibility index (Phi) is 2.83. The summed E-state index contributed by atoms with van der Waals surface area (Å²) >= 11 is 5.70. The fourth-order valence-electron chi connectivity index (χ4n) is 1.53. The predicted octanol–water partition coefficient (Wildman–Crippen LogP) is 2.21. The Balaban J connectivity index is 1.78. The Hall–Kier alpha value is -0.570. The van der Waals surface area contributed by atoms with Crippen molar-refractivity contribution in [3.8, 4) is 0 Å². The second-order valence-corrected chi connectivity index (χ2v) is 3.93. The van der Waals surface area contributed by atoms with Crippen LogP contribution in [0.4, 0.5) is 0 Å². The van der Waals surface area contributed by atoms with E-state index in [9.17, 15) is 0 Å². The SMILES string of the molecule is ClCc1nncn1CCCC1CC1. The lowest BCUT2D eigenvalue weighted by Gasteiger charge is -2.03. The van der Waals surface area contributed by atoms with Crippen LogP contribution < -0.4 is 0 Å². The number of hydrogen-bond acceptors (Lipinski definition) is 2. The first-order valence-electron chi connectivity index (χ1n) is 4.83. The van der Waals surface area contributed by atoms with Gasteiger partial charge in [-0.15, -0.1) is 21.8 Å². The number of rotatable bonds is 5. The van der Waals surface area contributed by atoms with Crippen molar-refractivity contribution in [2.75, 3.05) is 0 Å². The molecule has 0 aromatic carbocycles. The molecule has 1 heterocycles. The van der Waals surface area contributed by atoms with E-state index in [1.165, 1.54) is 25.7 Å². The molecule has 0 atom stereocenters. The van der Waals surface area contributed by atoms with Crippen LogP contribution in [0.1, 0.15) is 31.5 Å². The van der Waals surface area contributed by atoms with E-state index in [1.54, 1.807) is 6.33 Å². The minimum atomic E-state index is 0.462. The summed E-state index contributed by atoms with van der Waals surface area (Å²) in [5.41, 5.74) is 0. The lowest BCUT2D eigenvalue weighted by atomic mass is 10.2. The van der Waals surface area contributed by atoms with E-state index in [0.717, 1.165) is 18.3 Å². The third-order valence-electron chi connectivity index (χ3n) is 2.52. The Morgan fingerprint density at radius 1 is 1.54 bits per heavy atom. The van der Waals surface area contributed by atoms with E-state index in [0.29, 0.717) is 5.88 Å². The van der Waals surface area contributed by atoms with Gasteiger partial charge in [0.2, 0.25) is 0 Å². The molecule has 0 amide bonds. The summed E-state index contributed by atoms with van der Waals surface area (Å²) in [6.45, 7) is 1.02. The van der Waals surface area contributed by atoms with E-state index in [4.69, 9.17) is 11.6 Å². The van der Waals surface area contributed by atoms with Gasteiger partial charge >= 0.3 is 0 Å². The van der Waals surface area contributed by atoms with Gasteiger partial charge in [-0.3, -0.25) is 0 Å². The van der Waals surface area contributed by atoms with Crippen LogP contribution in [-0.4, -0.2) is 14.8 Å². The summed E-state index contributed by atoms with van der Waals surface area (Å²) in [6.07, 6.45) is 7.21. The van der Waals surface area contributed by atoms with Gasteiger partial charge in [-0.1, -0.05) is 12.8 Å². The fourth-order valence-corrected chi connectivity index (χ4v) is 1.73. The highest BCUT2D eigenvalue weighted by atomic mass is 35.5. The molecule has 0 saturated heterocycles. The molecular formula is C9H14ClN3. The van der Waals surface area contributed by atoms with E-state index < -0.39 is 0 Å². The molecule has 0 spiro atoms. The molecule has 2 rings (SSSR count). The fraction of sp³-hybridized carbons (Fsp3) is 0.778. The Morgan fingerprint density at radius 2 is 2.38 bits per heavy atom. The quantitative estimate of drug-likeness (QED) is 0.681. The van der Waals surface area contributed by atoms with Crippen LogP contribution in [0.15, 0.2) is 6.33 Å². The lowest BCUT2D eigenvalue weighted by Crippen LogP contribution is -2.01. The maximum Gasteiger partial charge on any atom is 0.147 e. The first-order chi connectivity index (χ1) is 6.40. The van der Waals surface area contributed by atoms with E-state index in [1.807, 2.05) is 0 Å². The molecule has 0 unspecified atom stereocenters. The Bertz CT molecular complexity index is 268. The molecule has 0 bridgehead atoms. The maximum absolute atomic E-state index is 5.70. The first kappa shape index (κ1) is 9.00. The van der Waals surface area contributed by atoms with Crippen molar-refractivity contribution in [3.63, 3.8) is 0 Å². The van der Waals surface area contributed by atoms with E-state index in [2.05, 4.69) is 14.8 Å². The number of hydrogen-bond donors (Lipinski definition) is 0. The van der Waals surface area contributed by atoms with Crippen LogP contribution in [0.3, 0.4) is 0 Å². The van der Waals surface area contributed by atoms with E-state index in [-0.39, 0.29) is 0 Å². The largest absolute Gasteiger partial charge is 0.317 e. The topological polar surface area (TPSA) is 30.7 Å². The van der Waals surface area contributed by atoms with Crippen molar-refractivity contribution in [2.24, 2.45) is 5.92 Å². The molecular weight excluding hydrogens is 186 g/mol. The molecule has 1 aromatic rings. The summed E-state index contributed by atoms with van der Waals surface area (Å²) in [6, 6.07) is 0. The molecule has 1 saturated carbocycles. The van der Waals surface area contributed by atoms with Crippen LogP contribution in [-0.2, 0) is 12.4 Å². The minimum absolute atomic E-state index is 0.462. The molecule has 0 N–H and O–H groups in total. The highest BCUT2D eigenvalue weighted by Gasteiger charge is 2.20. The predicted molar refractivity (Wildman–Crippen MR) is 51.5 cm³/mol. The van der Waals surface area contributed by atoms with Crippen molar-refractivity contribution in [1.82, 2.24) is 14.8 Å². The molecule has 72 valence electrons. The zero-order valence-electron chi connectivity index (χ0n) is 7.62. The Morgan fingerprint density at radius 3 is 3.08 bits per heavy atom. The second kappa shape index (κ2) is 4.09. The number of aryl methyl sites for hydroxylation is 1. The third kappa shape index (κ3) is 2.44. The average Bonchev–Trinajstić information content (AvgIpc) is 2.84. The van der Waals surface area contributed by atoms with E-state index >= 15 is 0 Å². The average molecular weight is 200 g/mol. The highest BCUT2D eigenvalue weighted by Crippen LogP contribution is 2.33. The van der Waals surface area contributed by atoms with Crippen molar-refractivity contribution >= 4 is 11.6 Å². The number of aromatic nitrogens is 3. The van der Waals surface area contributed by atoms with Crippen LogP contribution in [0.5, 0.6) is 0 Å². The number of nitrogens with zero attached hydrogens (tertiary/aromatic N) is 3. The third-order valence-corrected chi connectivity index (χ3v) is 2.76. The van der Waals surface area contributed by atoms with Crippen molar-refractivity contribution < 1.29 is 0 Å². The van der Waals surface area contributed by atoms with Crippen molar-refractivity contribution in [2.45, 2.75) is 38.1 Å². The number of halogens is 1. The zero-order valence-corrected chi connectivity index (χ0v) is 8.37. The van der Waals surface area contributed by atoms with Gasteiger partial charge < -0.3 is 4.57 Å². The molecule has 1 aliphatic rings. The lowest BCUT2D eigenvalue weighted by molar-refractivity contribution is 0.565. The van der Waals surface area contributed by atoms with Gasteiger partial charge in [0.1, 0.15) is 12.2 Å². The van der Waals surface area contributed by atoms with Crippen molar-refractivity contribution in [3.05, 3.63) is 12.2 Å². The monoisotopic (exact) mass is 199 g/mol. The first-order valence-corrected chi connectivity index (χ1v) is 5.36. The summed E-state index contributed by atoms with van der Waals surface area (Å²) in [5, 5.41) is 7.76. The Labute approximate surface area is 83.1 Å². The van der Waals surface area contributed by atoms with Gasteiger partial charge in [0, 0.05) is 6.54 Å².